The molecule has 0 spiro atoms. The zero-order valence-corrected chi connectivity index (χ0v) is 13.1. The molecule has 128 valence electrons. The van der Waals surface area contributed by atoms with Crippen molar-refractivity contribution in [3.05, 3.63) is 47.3 Å². The van der Waals surface area contributed by atoms with Gasteiger partial charge in [-0.15, -0.1) is 0 Å². The van der Waals surface area contributed by atoms with Gasteiger partial charge in [0.05, 0.1) is 19.2 Å². The van der Waals surface area contributed by atoms with Crippen LogP contribution in [0.4, 0.5) is 18.9 Å². The molecular formula is C16H17F3N4O. The second-order valence-corrected chi connectivity index (χ2v) is 5.95. The summed E-state index contributed by atoms with van der Waals surface area (Å²) in [7, 11) is 1.76. The Morgan fingerprint density at radius 2 is 2.12 bits per heavy atom. The predicted molar refractivity (Wildman–Crippen MR) is 82.2 cm³/mol. The van der Waals surface area contributed by atoms with Crippen molar-refractivity contribution in [2.45, 2.75) is 25.7 Å². The van der Waals surface area contributed by atoms with Gasteiger partial charge < -0.3 is 5.32 Å². The lowest BCUT2D eigenvalue weighted by Gasteiger charge is -2.17. The third-order valence-electron chi connectivity index (χ3n) is 3.85. The summed E-state index contributed by atoms with van der Waals surface area (Å²) in [4.78, 5) is 13.5. The van der Waals surface area contributed by atoms with Gasteiger partial charge >= 0.3 is 6.18 Å². The van der Waals surface area contributed by atoms with Crippen molar-refractivity contribution in [1.29, 1.82) is 0 Å². The highest BCUT2D eigenvalue weighted by atomic mass is 19.4. The number of rotatable bonds is 4. The van der Waals surface area contributed by atoms with E-state index < -0.39 is 12.7 Å². The van der Waals surface area contributed by atoms with E-state index in [1.54, 1.807) is 42.3 Å². The van der Waals surface area contributed by atoms with Crippen LogP contribution in [-0.2, 0) is 31.4 Å². The van der Waals surface area contributed by atoms with Crippen molar-refractivity contribution in [2.24, 2.45) is 7.05 Å². The predicted octanol–water partition coefficient (Wildman–Crippen LogP) is 2.48. The van der Waals surface area contributed by atoms with Gasteiger partial charge in [-0.1, -0.05) is 12.1 Å². The summed E-state index contributed by atoms with van der Waals surface area (Å²) in [6.07, 6.45) is -0.699. The van der Waals surface area contributed by atoms with E-state index >= 15 is 0 Å². The highest BCUT2D eigenvalue weighted by Gasteiger charge is 2.34. The fraction of sp³-hybridized carbons (Fsp3) is 0.375. The topological polar surface area (TPSA) is 50.2 Å². The van der Waals surface area contributed by atoms with Crippen LogP contribution in [0.25, 0.3) is 0 Å². The van der Waals surface area contributed by atoms with E-state index in [1.165, 1.54) is 4.90 Å². The van der Waals surface area contributed by atoms with Crippen molar-refractivity contribution >= 4 is 11.6 Å². The first-order valence-electron chi connectivity index (χ1n) is 7.47. The van der Waals surface area contributed by atoms with Crippen molar-refractivity contribution in [2.75, 3.05) is 11.9 Å². The summed E-state index contributed by atoms with van der Waals surface area (Å²) in [5, 5.41) is 6.80. The molecule has 0 saturated carbocycles. The Bertz CT molecular complexity index is 754. The number of halogens is 3. The first kappa shape index (κ1) is 16.5. The second-order valence-electron chi connectivity index (χ2n) is 5.95. The molecule has 1 aliphatic heterocycles. The van der Waals surface area contributed by atoms with Gasteiger partial charge in [-0.2, -0.15) is 18.3 Å². The minimum atomic E-state index is -4.23. The van der Waals surface area contributed by atoms with Crippen molar-refractivity contribution in [3.8, 4) is 0 Å². The largest absolute Gasteiger partial charge is 0.401 e. The molecule has 24 heavy (non-hydrogen) atoms. The number of hydrogen-bond donors (Lipinski definition) is 1. The molecule has 8 heteroatoms. The van der Waals surface area contributed by atoms with Gasteiger partial charge in [0.15, 0.2) is 0 Å². The maximum atomic E-state index is 12.6. The summed E-state index contributed by atoms with van der Waals surface area (Å²) < 4.78 is 39.3. The lowest BCUT2D eigenvalue weighted by atomic mass is 10.1. The van der Waals surface area contributed by atoms with Crippen LogP contribution in [0.15, 0.2) is 30.6 Å². The number of amides is 1. The molecule has 0 saturated heterocycles. The summed E-state index contributed by atoms with van der Waals surface area (Å²) in [5.74, 6) is -0.217. The minimum absolute atomic E-state index is 0.170. The standard InChI is InChI=1S/C16H17F3N4O/c1-22-7-11(6-20-22)5-15(24)21-14-4-2-3-12-8-23(9-13(12)14)10-16(17,18)19/h2-4,6-7H,5,8-10H2,1H3,(H,21,24). The van der Waals surface area contributed by atoms with E-state index in [1.807, 2.05) is 0 Å². The van der Waals surface area contributed by atoms with E-state index in [0.717, 1.165) is 16.7 Å². The number of aryl methyl sites for hydroxylation is 1. The number of aromatic nitrogens is 2. The van der Waals surface area contributed by atoms with Gasteiger partial charge in [0, 0.05) is 32.0 Å². The average molecular weight is 338 g/mol. The molecule has 0 atom stereocenters. The van der Waals surface area contributed by atoms with E-state index in [0.29, 0.717) is 5.69 Å². The monoisotopic (exact) mass is 338 g/mol. The number of alkyl halides is 3. The number of fused-ring (bicyclic) bond motifs is 1. The van der Waals surface area contributed by atoms with Crippen LogP contribution in [0, 0.1) is 0 Å². The van der Waals surface area contributed by atoms with Crippen LogP contribution in [0.3, 0.4) is 0 Å². The minimum Gasteiger partial charge on any atom is -0.325 e. The molecule has 2 aromatic rings. The number of nitrogens with zero attached hydrogens (tertiary/aromatic N) is 3. The van der Waals surface area contributed by atoms with Gasteiger partial charge in [-0.3, -0.25) is 14.4 Å². The molecule has 0 aliphatic carbocycles. The highest BCUT2D eigenvalue weighted by molar-refractivity contribution is 5.93. The van der Waals surface area contributed by atoms with Crippen LogP contribution >= 0.6 is 0 Å². The Labute approximate surface area is 137 Å². The SMILES string of the molecule is Cn1cc(CC(=O)Nc2cccc3c2CN(CC(F)(F)F)C3)cn1. The van der Waals surface area contributed by atoms with E-state index in [2.05, 4.69) is 10.4 Å². The van der Waals surface area contributed by atoms with Gasteiger partial charge in [0.25, 0.3) is 0 Å². The van der Waals surface area contributed by atoms with Crippen LogP contribution in [0.1, 0.15) is 16.7 Å². The number of carbonyl (C=O) groups is 1. The zero-order chi connectivity index (χ0) is 17.3. The maximum Gasteiger partial charge on any atom is 0.401 e. The Balaban J connectivity index is 1.68. The molecule has 0 bridgehead atoms. The van der Waals surface area contributed by atoms with Crippen molar-refractivity contribution in [3.63, 3.8) is 0 Å². The Morgan fingerprint density at radius 1 is 1.33 bits per heavy atom. The molecule has 0 unspecified atom stereocenters. The smallest absolute Gasteiger partial charge is 0.325 e. The van der Waals surface area contributed by atoms with E-state index in [-0.39, 0.29) is 25.4 Å². The van der Waals surface area contributed by atoms with Crippen molar-refractivity contribution in [1.82, 2.24) is 14.7 Å². The third kappa shape index (κ3) is 3.94. The van der Waals surface area contributed by atoms with Crippen LogP contribution in [-0.4, -0.2) is 33.3 Å². The van der Waals surface area contributed by atoms with E-state index in [9.17, 15) is 18.0 Å². The highest BCUT2D eigenvalue weighted by Crippen LogP contribution is 2.31. The van der Waals surface area contributed by atoms with Gasteiger partial charge in [-0.05, 0) is 22.8 Å². The summed E-state index contributed by atoms with van der Waals surface area (Å²) in [6, 6.07) is 5.26. The van der Waals surface area contributed by atoms with Crippen LogP contribution < -0.4 is 5.32 Å². The fourth-order valence-corrected chi connectivity index (χ4v) is 2.92. The number of anilines is 1. The quantitative estimate of drug-likeness (QED) is 0.932. The zero-order valence-electron chi connectivity index (χ0n) is 13.1. The summed E-state index contributed by atoms with van der Waals surface area (Å²) in [6.45, 7) is -0.538. The van der Waals surface area contributed by atoms with Gasteiger partial charge in [0.2, 0.25) is 5.91 Å². The third-order valence-corrected chi connectivity index (χ3v) is 3.85. The Morgan fingerprint density at radius 3 is 2.79 bits per heavy atom. The molecule has 1 amide bonds. The second kappa shape index (κ2) is 6.27. The molecular weight excluding hydrogens is 321 g/mol. The average Bonchev–Trinajstić information content (AvgIpc) is 3.03. The first-order chi connectivity index (χ1) is 11.3. The van der Waals surface area contributed by atoms with Crippen LogP contribution in [0.2, 0.25) is 0 Å². The van der Waals surface area contributed by atoms with Gasteiger partial charge in [0.1, 0.15) is 0 Å². The number of carbonyl (C=O) groups excluding carboxylic acids is 1. The molecule has 1 aromatic heterocycles. The lowest BCUT2D eigenvalue weighted by Crippen LogP contribution is -2.30. The fourth-order valence-electron chi connectivity index (χ4n) is 2.92. The van der Waals surface area contributed by atoms with Crippen LogP contribution in [0.5, 0.6) is 0 Å². The molecule has 1 aliphatic rings. The number of benzene rings is 1. The molecule has 3 rings (SSSR count). The Kier molecular flexibility index (Phi) is 4.31. The molecule has 0 fully saturated rings. The normalized spacial score (nSPS) is 14.7. The number of nitrogens with one attached hydrogen (secondary N) is 1. The van der Waals surface area contributed by atoms with E-state index in [4.69, 9.17) is 0 Å². The van der Waals surface area contributed by atoms with Gasteiger partial charge in [-0.25, -0.2) is 0 Å². The van der Waals surface area contributed by atoms with Crippen molar-refractivity contribution < 1.29 is 18.0 Å². The Hall–Kier alpha value is -2.35. The molecule has 5 nitrogen and oxygen atoms in total. The first-order valence-corrected chi connectivity index (χ1v) is 7.47. The molecule has 2 heterocycles. The molecule has 0 radical (unpaired) electrons. The lowest BCUT2D eigenvalue weighted by molar-refractivity contribution is -0.147. The summed E-state index contributed by atoms with van der Waals surface area (Å²) >= 11 is 0. The maximum absolute atomic E-state index is 12.6. The molecule has 1 N–H and O–H groups in total. The molecule has 1 aromatic carbocycles. The number of hydrogen-bond acceptors (Lipinski definition) is 3. The summed E-state index contributed by atoms with van der Waals surface area (Å²) in [5.41, 5.74) is 2.92.